The normalized spacial score (nSPS) is 14.3. The van der Waals surface area contributed by atoms with Gasteiger partial charge >= 0.3 is 0 Å². The fourth-order valence-corrected chi connectivity index (χ4v) is 7.14. The topological polar surface area (TPSA) is 164 Å². The number of benzene rings is 2. The summed E-state index contributed by atoms with van der Waals surface area (Å²) in [5.74, 6) is -0.662. The number of aliphatic hydroxyl groups excluding tert-OH is 1. The van der Waals surface area contributed by atoms with Crippen LogP contribution in [-0.2, 0) is 19.4 Å². The quantitative estimate of drug-likeness (QED) is 0.246. The molecule has 1 fully saturated rings. The minimum atomic E-state index is -4.01. The fraction of sp³-hybridized carbons (Fsp3) is 0.346. The van der Waals surface area contributed by atoms with Crippen LogP contribution in [0.3, 0.4) is 0 Å². The summed E-state index contributed by atoms with van der Waals surface area (Å²) < 4.78 is 32.5. The number of aliphatic hydroxyl groups is 1. The predicted molar refractivity (Wildman–Crippen MR) is 145 cm³/mol. The molecular formula is C26H27N5O6S2. The molecule has 0 bridgehead atoms. The highest BCUT2D eigenvalue weighted by Gasteiger charge is 2.37. The number of nitrogens with zero attached hydrogens (tertiary/aromatic N) is 3. The van der Waals surface area contributed by atoms with Crippen LogP contribution in [0, 0.1) is 6.92 Å². The van der Waals surface area contributed by atoms with Crippen LogP contribution in [0.4, 0.5) is 0 Å². The Labute approximate surface area is 228 Å². The van der Waals surface area contributed by atoms with E-state index < -0.39 is 21.0 Å². The Bertz CT molecular complexity index is 1610. The van der Waals surface area contributed by atoms with Gasteiger partial charge in [-0.2, -0.15) is 0 Å². The third-order valence-corrected chi connectivity index (χ3v) is 9.42. The van der Waals surface area contributed by atoms with Crippen molar-refractivity contribution in [2.75, 3.05) is 18.9 Å². The second-order valence-electron chi connectivity index (χ2n) is 9.32. The van der Waals surface area contributed by atoms with E-state index in [4.69, 9.17) is 4.42 Å². The first kappa shape index (κ1) is 26.9. The van der Waals surface area contributed by atoms with Crippen molar-refractivity contribution in [3.8, 4) is 22.6 Å². The van der Waals surface area contributed by atoms with Crippen molar-refractivity contribution >= 4 is 43.2 Å². The standard InChI is InChI=1S/C26H27N5O6S2/c1-15-30-31-25(37-15)17-5-3-16(4-6-17)18-7-10-20-21(13-18)38-26(29-20)23(39(35,36)12-2-11-32)24(34)27-14-22(33)28-19-8-9-19/h3-7,10,13,19,23,32H,2,8-9,11-12,14H2,1H3,(H,27,34)(H,28,33). The molecule has 1 aliphatic rings. The number of carbonyl (C=O) groups is 2. The van der Waals surface area contributed by atoms with Crippen molar-refractivity contribution in [3.63, 3.8) is 0 Å². The van der Waals surface area contributed by atoms with Crippen molar-refractivity contribution in [1.82, 2.24) is 25.8 Å². The van der Waals surface area contributed by atoms with Gasteiger partial charge in [-0.3, -0.25) is 9.59 Å². The van der Waals surface area contributed by atoms with Gasteiger partial charge in [-0.15, -0.1) is 21.5 Å². The molecule has 2 aromatic carbocycles. The molecule has 5 rings (SSSR count). The van der Waals surface area contributed by atoms with Gasteiger partial charge in [-0.05, 0) is 54.7 Å². The van der Waals surface area contributed by atoms with Crippen molar-refractivity contribution in [1.29, 1.82) is 0 Å². The molecule has 1 saturated carbocycles. The fourth-order valence-electron chi connectivity index (χ4n) is 4.03. The SMILES string of the molecule is Cc1nnc(-c2ccc(-c3ccc4nc(C(C(=O)NCC(=O)NC5CC5)S(=O)(=O)CCCO)sc4c3)cc2)o1. The number of thiazole rings is 1. The van der Waals surface area contributed by atoms with E-state index in [2.05, 4.69) is 25.8 Å². The lowest BCUT2D eigenvalue weighted by Crippen LogP contribution is -2.41. The average Bonchev–Trinajstić information content (AvgIpc) is 3.46. The van der Waals surface area contributed by atoms with Crippen LogP contribution in [0.1, 0.15) is 35.4 Å². The summed E-state index contributed by atoms with van der Waals surface area (Å²) in [6, 6.07) is 13.2. The number of carbonyl (C=O) groups excluding carboxylic acids is 2. The van der Waals surface area contributed by atoms with E-state index in [0.717, 1.165) is 40.9 Å². The van der Waals surface area contributed by atoms with Crippen LogP contribution < -0.4 is 10.6 Å². The molecule has 0 saturated heterocycles. The zero-order chi connectivity index (χ0) is 27.6. The van der Waals surface area contributed by atoms with Crippen LogP contribution in [0.25, 0.3) is 32.8 Å². The van der Waals surface area contributed by atoms with Crippen LogP contribution in [0.5, 0.6) is 0 Å². The largest absolute Gasteiger partial charge is 0.421 e. The molecule has 39 heavy (non-hydrogen) atoms. The van der Waals surface area contributed by atoms with Gasteiger partial charge in [0, 0.05) is 25.1 Å². The highest BCUT2D eigenvalue weighted by molar-refractivity contribution is 7.92. The van der Waals surface area contributed by atoms with Gasteiger partial charge in [0.05, 0.1) is 22.5 Å². The van der Waals surface area contributed by atoms with Crippen molar-refractivity contribution in [2.45, 2.75) is 37.5 Å². The number of aryl methyl sites for hydroxylation is 1. The molecule has 2 amide bonds. The van der Waals surface area contributed by atoms with Gasteiger partial charge in [0.2, 0.25) is 23.6 Å². The van der Waals surface area contributed by atoms with Crippen LogP contribution in [0.15, 0.2) is 46.9 Å². The summed E-state index contributed by atoms with van der Waals surface area (Å²) in [6.07, 6.45) is 1.78. The second kappa shape index (κ2) is 11.2. The number of hydrogen-bond donors (Lipinski definition) is 3. The summed E-state index contributed by atoms with van der Waals surface area (Å²) in [5.41, 5.74) is 3.14. The highest BCUT2D eigenvalue weighted by atomic mass is 32.2. The van der Waals surface area contributed by atoms with E-state index in [9.17, 15) is 23.1 Å². The first-order valence-electron chi connectivity index (χ1n) is 12.4. The minimum Gasteiger partial charge on any atom is -0.421 e. The number of amides is 2. The predicted octanol–water partition coefficient (Wildman–Crippen LogP) is 2.55. The number of rotatable bonds is 11. The van der Waals surface area contributed by atoms with Gasteiger partial charge in [-0.1, -0.05) is 18.2 Å². The van der Waals surface area contributed by atoms with Crippen LogP contribution >= 0.6 is 11.3 Å². The summed E-state index contributed by atoms with van der Waals surface area (Å²) in [4.78, 5) is 29.6. The maximum atomic E-state index is 13.2. The van der Waals surface area contributed by atoms with Gasteiger partial charge in [0.15, 0.2) is 15.1 Å². The lowest BCUT2D eigenvalue weighted by molar-refractivity contribution is -0.126. The Morgan fingerprint density at radius 2 is 1.82 bits per heavy atom. The molecule has 1 aliphatic carbocycles. The maximum Gasteiger partial charge on any atom is 0.247 e. The molecule has 3 N–H and O–H groups in total. The third-order valence-electron chi connectivity index (χ3n) is 6.17. The average molecular weight is 570 g/mol. The Balaban J connectivity index is 1.40. The molecule has 204 valence electrons. The molecular weight excluding hydrogens is 542 g/mol. The Morgan fingerprint density at radius 1 is 1.10 bits per heavy atom. The van der Waals surface area contributed by atoms with E-state index in [1.54, 1.807) is 13.0 Å². The number of sulfone groups is 1. The van der Waals surface area contributed by atoms with Crippen molar-refractivity contribution in [2.24, 2.45) is 0 Å². The van der Waals surface area contributed by atoms with E-state index in [1.807, 2.05) is 36.4 Å². The van der Waals surface area contributed by atoms with Gasteiger partial charge in [-0.25, -0.2) is 13.4 Å². The zero-order valence-corrected chi connectivity index (χ0v) is 22.7. The maximum absolute atomic E-state index is 13.2. The van der Waals surface area contributed by atoms with Gasteiger partial charge < -0.3 is 20.2 Å². The van der Waals surface area contributed by atoms with Crippen molar-refractivity contribution in [3.05, 3.63) is 53.4 Å². The van der Waals surface area contributed by atoms with Gasteiger partial charge in [0.1, 0.15) is 5.01 Å². The number of hydrogen-bond acceptors (Lipinski definition) is 10. The molecule has 2 heterocycles. The Hall–Kier alpha value is -3.68. The molecule has 1 atom stereocenters. The molecule has 11 nitrogen and oxygen atoms in total. The van der Waals surface area contributed by atoms with E-state index >= 15 is 0 Å². The molecule has 0 radical (unpaired) electrons. The highest BCUT2D eigenvalue weighted by Crippen LogP contribution is 2.34. The first-order chi connectivity index (χ1) is 18.7. The van der Waals surface area contributed by atoms with E-state index in [0.29, 0.717) is 22.0 Å². The molecule has 2 aromatic heterocycles. The number of aromatic nitrogens is 3. The molecule has 0 spiro atoms. The second-order valence-corrected chi connectivity index (χ2v) is 12.6. The van der Waals surface area contributed by atoms with Crippen LogP contribution in [-0.4, -0.2) is 65.5 Å². The smallest absolute Gasteiger partial charge is 0.247 e. The summed E-state index contributed by atoms with van der Waals surface area (Å²) >= 11 is 1.11. The molecule has 0 aliphatic heterocycles. The summed E-state index contributed by atoms with van der Waals surface area (Å²) in [7, 11) is -4.01. The Kier molecular flexibility index (Phi) is 7.73. The first-order valence-corrected chi connectivity index (χ1v) is 15.0. The van der Waals surface area contributed by atoms with Crippen LogP contribution in [0.2, 0.25) is 0 Å². The zero-order valence-electron chi connectivity index (χ0n) is 21.1. The number of nitrogens with one attached hydrogen (secondary N) is 2. The molecule has 13 heteroatoms. The number of fused-ring (bicyclic) bond motifs is 1. The summed E-state index contributed by atoms with van der Waals surface area (Å²) in [5, 5.41) is 20.8. The third kappa shape index (κ3) is 6.32. The summed E-state index contributed by atoms with van der Waals surface area (Å²) in [6.45, 7) is 1.07. The Morgan fingerprint density at radius 3 is 2.49 bits per heavy atom. The molecule has 4 aromatic rings. The lowest BCUT2D eigenvalue weighted by Gasteiger charge is -2.15. The van der Waals surface area contributed by atoms with E-state index in [1.165, 1.54) is 0 Å². The molecule has 1 unspecified atom stereocenters. The lowest BCUT2D eigenvalue weighted by atomic mass is 10.0. The van der Waals surface area contributed by atoms with E-state index in [-0.39, 0.29) is 42.3 Å². The van der Waals surface area contributed by atoms with Gasteiger partial charge in [0.25, 0.3) is 0 Å². The van der Waals surface area contributed by atoms with Crippen molar-refractivity contribution < 1.29 is 27.5 Å². The monoisotopic (exact) mass is 569 g/mol. The minimum absolute atomic E-state index is 0.0114.